The first-order valence-electron chi connectivity index (χ1n) is 9.99. The predicted molar refractivity (Wildman–Crippen MR) is 109 cm³/mol. The highest BCUT2D eigenvalue weighted by molar-refractivity contribution is 7.61. The van der Waals surface area contributed by atoms with Crippen LogP contribution in [0.5, 0.6) is 0 Å². The molecule has 0 radical (unpaired) electrons. The highest BCUT2D eigenvalue weighted by Crippen LogP contribution is 2.61. The van der Waals surface area contributed by atoms with E-state index in [1.54, 1.807) is 0 Å². The number of hydrogen-bond donors (Lipinski definition) is 9. The summed E-state index contributed by atoms with van der Waals surface area (Å²) in [6.07, 6.45) is -15.1. The van der Waals surface area contributed by atoms with Crippen LogP contribution in [0.25, 0.3) is 0 Å². The molecule has 2 saturated heterocycles. The average molecular weight is 566 g/mol. The Morgan fingerprint density at radius 2 is 1.69 bits per heavy atom. The Hall–Kier alpha value is -1.38. The van der Waals surface area contributed by atoms with Crippen molar-refractivity contribution in [2.45, 2.75) is 55.2 Å². The molecular formula is C15H24N2O17P2. The number of phosphoric acid groups is 2. The number of aliphatic hydroxyl groups is 6. The second kappa shape index (κ2) is 11.2. The van der Waals surface area contributed by atoms with E-state index in [-0.39, 0.29) is 0 Å². The Bertz CT molecular complexity index is 1130. The highest BCUT2D eigenvalue weighted by Gasteiger charge is 2.51. The van der Waals surface area contributed by atoms with Gasteiger partial charge in [0.15, 0.2) is 12.5 Å². The third-order valence-electron chi connectivity index (χ3n) is 5.13. The van der Waals surface area contributed by atoms with Crippen molar-refractivity contribution >= 4 is 15.6 Å². The Morgan fingerprint density at radius 3 is 2.31 bits per heavy atom. The van der Waals surface area contributed by atoms with Crippen LogP contribution in [-0.4, -0.2) is 112 Å². The molecular weight excluding hydrogens is 542 g/mol. The third-order valence-corrected chi connectivity index (χ3v) is 7.73. The molecule has 206 valence electrons. The first-order valence-corrected chi connectivity index (χ1v) is 13.0. The fraction of sp³-hybridized carbons (Fsp3) is 0.733. The molecule has 3 rings (SSSR count). The number of aromatic nitrogens is 2. The summed E-state index contributed by atoms with van der Waals surface area (Å²) in [5.74, 6) is 0. The van der Waals surface area contributed by atoms with Gasteiger partial charge in [0.1, 0.15) is 42.7 Å². The van der Waals surface area contributed by atoms with Gasteiger partial charge in [0, 0.05) is 12.3 Å². The van der Waals surface area contributed by atoms with Gasteiger partial charge >= 0.3 is 21.3 Å². The number of H-pyrrole nitrogens is 1. The molecule has 19 nitrogen and oxygen atoms in total. The molecule has 3 heterocycles. The average Bonchev–Trinajstić information content (AvgIpc) is 3.21. The van der Waals surface area contributed by atoms with Gasteiger partial charge in [0.05, 0.1) is 13.2 Å². The van der Waals surface area contributed by atoms with E-state index in [0.717, 1.165) is 16.8 Å². The van der Waals surface area contributed by atoms with Crippen LogP contribution in [0.2, 0.25) is 0 Å². The quantitative estimate of drug-likeness (QED) is 0.120. The van der Waals surface area contributed by atoms with Crippen molar-refractivity contribution in [3.05, 3.63) is 33.1 Å². The third kappa shape index (κ3) is 6.54. The van der Waals surface area contributed by atoms with Crippen molar-refractivity contribution < 1.29 is 72.4 Å². The van der Waals surface area contributed by atoms with Gasteiger partial charge in [-0.25, -0.2) is 13.9 Å². The Balaban J connectivity index is 1.60. The van der Waals surface area contributed by atoms with Crippen LogP contribution in [0.3, 0.4) is 0 Å². The molecule has 2 aliphatic rings. The normalized spacial score (nSPS) is 36.9. The lowest BCUT2D eigenvalue weighted by Gasteiger charge is -2.22. The van der Waals surface area contributed by atoms with E-state index in [4.69, 9.17) is 14.6 Å². The molecule has 1 aromatic heterocycles. The summed E-state index contributed by atoms with van der Waals surface area (Å²) in [5.41, 5.74) is -1.74. The topological polar surface area (TPSA) is 297 Å². The second-order valence-corrected chi connectivity index (χ2v) is 10.7. The summed E-state index contributed by atoms with van der Waals surface area (Å²) in [6.45, 7) is -1.93. The van der Waals surface area contributed by atoms with Crippen LogP contribution in [0.1, 0.15) is 6.23 Å². The number of hydrogen-bond acceptors (Lipinski definition) is 15. The monoisotopic (exact) mass is 566 g/mol. The minimum atomic E-state index is -5.56. The van der Waals surface area contributed by atoms with Crippen molar-refractivity contribution in [2.75, 3.05) is 13.2 Å². The minimum absolute atomic E-state index is 0.725. The van der Waals surface area contributed by atoms with Crippen LogP contribution >= 0.6 is 15.6 Å². The largest absolute Gasteiger partial charge is 0.483 e. The van der Waals surface area contributed by atoms with E-state index in [1.807, 2.05) is 4.98 Å². The fourth-order valence-electron chi connectivity index (χ4n) is 3.38. The number of rotatable bonds is 10. The van der Waals surface area contributed by atoms with E-state index in [9.17, 15) is 54.0 Å². The molecule has 0 aliphatic carbocycles. The van der Waals surface area contributed by atoms with Gasteiger partial charge in [-0.15, -0.1) is 0 Å². The summed E-state index contributed by atoms with van der Waals surface area (Å²) in [7, 11) is -11.0. The van der Waals surface area contributed by atoms with Gasteiger partial charge in [-0.1, -0.05) is 0 Å². The van der Waals surface area contributed by atoms with Gasteiger partial charge < -0.3 is 49.9 Å². The Kier molecular flexibility index (Phi) is 9.05. The Labute approximate surface area is 199 Å². The lowest BCUT2D eigenvalue weighted by atomic mass is 10.1. The van der Waals surface area contributed by atoms with Gasteiger partial charge in [-0.3, -0.25) is 23.4 Å². The maximum absolute atomic E-state index is 12.1. The molecule has 0 saturated carbocycles. The molecule has 0 aromatic carbocycles. The summed E-state index contributed by atoms with van der Waals surface area (Å²) >= 11 is 0. The number of aliphatic hydroxyl groups excluding tert-OH is 6. The summed E-state index contributed by atoms with van der Waals surface area (Å²) < 4.78 is 48.0. The van der Waals surface area contributed by atoms with Crippen LogP contribution in [0.4, 0.5) is 0 Å². The molecule has 4 unspecified atom stereocenters. The number of nitrogens with one attached hydrogen (secondary N) is 1. The number of phosphoric ester groups is 2. The van der Waals surface area contributed by atoms with Crippen LogP contribution < -0.4 is 11.2 Å². The molecule has 0 amide bonds. The lowest BCUT2D eigenvalue weighted by molar-refractivity contribution is -0.144. The highest BCUT2D eigenvalue weighted by atomic mass is 31.3. The van der Waals surface area contributed by atoms with E-state index < -0.39 is 95.4 Å². The van der Waals surface area contributed by atoms with Gasteiger partial charge in [-0.05, 0) is 0 Å². The maximum Gasteiger partial charge on any atom is 0.483 e. The molecule has 9 N–H and O–H groups in total. The molecule has 1 aromatic rings. The van der Waals surface area contributed by atoms with Crippen molar-refractivity contribution in [3.8, 4) is 0 Å². The summed E-state index contributed by atoms with van der Waals surface area (Å²) in [5, 5.41) is 58.3. The molecule has 0 bridgehead atoms. The maximum atomic E-state index is 12.1. The number of aromatic amines is 1. The van der Waals surface area contributed by atoms with Crippen LogP contribution in [-0.2, 0) is 32.0 Å². The second-order valence-electron chi connectivity index (χ2n) is 7.68. The van der Waals surface area contributed by atoms with Gasteiger partial charge in [-0.2, -0.15) is 4.31 Å². The molecule has 11 atom stereocenters. The van der Waals surface area contributed by atoms with Gasteiger partial charge in [0.25, 0.3) is 5.56 Å². The van der Waals surface area contributed by atoms with Crippen LogP contribution in [0.15, 0.2) is 21.9 Å². The zero-order valence-corrected chi connectivity index (χ0v) is 19.6. The first-order chi connectivity index (χ1) is 16.7. The summed E-state index contributed by atoms with van der Waals surface area (Å²) in [6, 6.07) is 0.930. The van der Waals surface area contributed by atoms with Crippen molar-refractivity contribution in [1.82, 2.24) is 9.55 Å². The summed E-state index contributed by atoms with van der Waals surface area (Å²) in [4.78, 5) is 44.5. The first kappa shape index (κ1) is 29.2. The molecule has 36 heavy (non-hydrogen) atoms. The zero-order valence-electron chi connectivity index (χ0n) is 17.9. The lowest BCUT2D eigenvalue weighted by Crippen LogP contribution is -2.40. The Morgan fingerprint density at radius 1 is 1.03 bits per heavy atom. The predicted octanol–water partition coefficient (Wildman–Crippen LogP) is -4.79. The SMILES string of the molecule is O=c1ccn(C2O[C@H](COP(=O)(O)OP(=O)(O)OC3O[C@H]([C@H](O)CO)[C@H](O)[C@H]3O)[C@@H](O)[C@H]2O)c(=O)[nH]1. The molecule has 0 spiro atoms. The molecule has 2 aliphatic heterocycles. The molecule has 2 fully saturated rings. The standard InChI is InChI=1S/C15H24N2O17P2/c18-3-5(19)12-9(22)11(24)14(32-12)33-36(28,29)34-35(26,27)30-4-6-8(21)10(23)13(31-6)17-2-1-7(20)16-15(17)25/h1-2,5-6,8-14,18-19,21-24H,3-4H2,(H,26,27)(H,28,29)(H,16,20,25)/t5-,6-,8-,9-,10-,11-,12-,13?,14?/m1/s1. The van der Waals surface area contributed by atoms with Gasteiger partial charge in [0.2, 0.25) is 0 Å². The smallest absolute Gasteiger partial charge is 0.394 e. The number of ether oxygens (including phenoxy) is 2. The van der Waals surface area contributed by atoms with Crippen molar-refractivity contribution in [1.29, 1.82) is 0 Å². The number of nitrogens with zero attached hydrogens (tertiary/aromatic N) is 1. The van der Waals surface area contributed by atoms with E-state index in [0.29, 0.717) is 0 Å². The van der Waals surface area contributed by atoms with Crippen molar-refractivity contribution in [2.24, 2.45) is 0 Å². The van der Waals surface area contributed by atoms with Crippen molar-refractivity contribution in [3.63, 3.8) is 0 Å². The molecule has 21 heteroatoms. The fourth-order valence-corrected chi connectivity index (χ4v) is 5.54. The van der Waals surface area contributed by atoms with Crippen LogP contribution in [0, 0.1) is 0 Å². The van der Waals surface area contributed by atoms with E-state index >= 15 is 0 Å². The van der Waals surface area contributed by atoms with E-state index in [1.165, 1.54) is 0 Å². The van der Waals surface area contributed by atoms with E-state index in [2.05, 4.69) is 13.4 Å². The zero-order chi connectivity index (χ0) is 27.0. The minimum Gasteiger partial charge on any atom is -0.394 e.